The van der Waals surface area contributed by atoms with Crippen LogP contribution in [0.15, 0.2) is 12.2 Å². The molecule has 1 aliphatic carbocycles. The Morgan fingerprint density at radius 3 is 2.23 bits per heavy atom. The van der Waals surface area contributed by atoms with Gasteiger partial charge in [-0.15, -0.1) is 0 Å². The molecule has 1 aliphatic heterocycles. The van der Waals surface area contributed by atoms with Crippen LogP contribution < -0.4 is 0 Å². The van der Waals surface area contributed by atoms with Crippen molar-refractivity contribution in [1.82, 2.24) is 0 Å². The van der Waals surface area contributed by atoms with Gasteiger partial charge in [-0.2, -0.15) is 0 Å². The topological polar surface area (TPSA) is 47.9 Å². The molecule has 22 heavy (non-hydrogen) atoms. The molecule has 1 heterocycles. The first-order valence-electron chi connectivity index (χ1n) is 8.29. The van der Waals surface area contributed by atoms with E-state index in [0.717, 1.165) is 6.42 Å². The molecule has 0 aromatic heterocycles. The van der Waals surface area contributed by atoms with Gasteiger partial charge in [0, 0.05) is 0 Å². The molecule has 1 fully saturated rings. The summed E-state index contributed by atoms with van der Waals surface area (Å²) in [5.74, 6) is -0.671. The lowest BCUT2D eigenvalue weighted by molar-refractivity contribution is -0.159. The first kappa shape index (κ1) is 18.1. The molecule has 0 aromatic carbocycles. The minimum Gasteiger partial charge on any atom is -0.411 e. The first-order valence-corrected chi connectivity index (χ1v) is 11.2. The normalized spacial score (nSPS) is 35.8. The summed E-state index contributed by atoms with van der Waals surface area (Å²) in [5.41, 5.74) is 0. The molecule has 0 aromatic rings. The molecular formula is C17H32O4Si. The molecule has 4 nitrogen and oxygen atoms in total. The summed E-state index contributed by atoms with van der Waals surface area (Å²) in [4.78, 5) is 0. The first-order chi connectivity index (χ1) is 9.93. The van der Waals surface area contributed by atoms with Crippen LogP contribution in [0.3, 0.4) is 0 Å². The summed E-state index contributed by atoms with van der Waals surface area (Å²) in [6.45, 7) is 15.0. The van der Waals surface area contributed by atoms with E-state index in [1.807, 2.05) is 19.9 Å². The average Bonchev–Trinajstić information content (AvgIpc) is 2.66. The van der Waals surface area contributed by atoms with Crippen molar-refractivity contribution < 1.29 is 19.0 Å². The zero-order valence-corrected chi connectivity index (χ0v) is 16.1. The zero-order chi connectivity index (χ0) is 16.8. The van der Waals surface area contributed by atoms with Gasteiger partial charge in [0.15, 0.2) is 14.1 Å². The van der Waals surface area contributed by atoms with Gasteiger partial charge in [0.2, 0.25) is 0 Å². The molecule has 2 rings (SSSR count). The monoisotopic (exact) mass is 328 g/mol. The highest BCUT2D eigenvalue weighted by Crippen LogP contribution is 2.41. The number of aliphatic hydroxyl groups is 1. The van der Waals surface area contributed by atoms with Crippen LogP contribution >= 0.6 is 0 Å². The number of fused-ring (bicyclic) bond motifs is 1. The molecule has 2 aliphatic rings. The Morgan fingerprint density at radius 2 is 1.64 bits per heavy atom. The van der Waals surface area contributed by atoms with E-state index in [4.69, 9.17) is 13.9 Å². The Morgan fingerprint density at radius 1 is 1.09 bits per heavy atom. The Kier molecular flexibility index (Phi) is 4.96. The summed E-state index contributed by atoms with van der Waals surface area (Å²) < 4.78 is 18.7. The van der Waals surface area contributed by atoms with E-state index in [9.17, 15) is 5.11 Å². The van der Waals surface area contributed by atoms with Gasteiger partial charge in [0.05, 0.1) is 12.2 Å². The third-order valence-corrected chi connectivity index (χ3v) is 9.58. The van der Waals surface area contributed by atoms with Gasteiger partial charge >= 0.3 is 0 Å². The maximum atomic E-state index is 10.4. The molecule has 0 bridgehead atoms. The maximum absolute atomic E-state index is 10.4. The lowest BCUT2D eigenvalue weighted by Crippen LogP contribution is -2.51. The number of aliphatic hydroxyl groups excluding tert-OH is 1. The maximum Gasteiger partial charge on any atom is 0.192 e. The highest BCUT2D eigenvalue weighted by Gasteiger charge is 2.50. The fourth-order valence-corrected chi connectivity index (χ4v) is 4.15. The van der Waals surface area contributed by atoms with E-state index in [1.54, 1.807) is 0 Å². The van der Waals surface area contributed by atoms with Crippen LogP contribution in [0.1, 0.15) is 47.5 Å². The molecule has 0 saturated carbocycles. The van der Waals surface area contributed by atoms with Crippen molar-refractivity contribution in [3.63, 3.8) is 0 Å². The van der Waals surface area contributed by atoms with Crippen molar-refractivity contribution in [3.8, 4) is 0 Å². The van der Waals surface area contributed by atoms with E-state index in [-0.39, 0.29) is 23.4 Å². The van der Waals surface area contributed by atoms with Gasteiger partial charge in [0.1, 0.15) is 12.2 Å². The lowest BCUT2D eigenvalue weighted by Gasteiger charge is -2.41. The third kappa shape index (κ3) is 3.82. The zero-order valence-electron chi connectivity index (χ0n) is 15.1. The second-order valence-electron chi connectivity index (χ2n) is 8.49. The number of ether oxygens (including phenoxy) is 2. The molecular weight excluding hydrogens is 296 g/mol. The lowest BCUT2D eigenvalue weighted by atomic mass is 9.96. The molecule has 128 valence electrons. The molecule has 0 unspecified atom stereocenters. The van der Waals surface area contributed by atoms with Crippen molar-refractivity contribution in [3.05, 3.63) is 12.2 Å². The van der Waals surface area contributed by atoms with Gasteiger partial charge < -0.3 is 19.0 Å². The van der Waals surface area contributed by atoms with Crippen molar-refractivity contribution in [2.45, 2.75) is 95.8 Å². The van der Waals surface area contributed by atoms with Crippen molar-refractivity contribution in [2.24, 2.45) is 0 Å². The van der Waals surface area contributed by atoms with Gasteiger partial charge in [-0.05, 0) is 44.8 Å². The fraction of sp³-hybridized carbons (Fsp3) is 0.882. The minimum atomic E-state index is -1.91. The molecule has 5 heteroatoms. The molecule has 1 N–H and O–H groups in total. The average molecular weight is 329 g/mol. The van der Waals surface area contributed by atoms with Gasteiger partial charge in [-0.25, -0.2) is 0 Å². The summed E-state index contributed by atoms with van der Waals surface area (Å²) in [6.07, 6.45) is 4.38. The molecule has 0 radical (unpaired) electrons. The predicted octanol–water partition coefficient (Wildman–Crippen LogP) is 3.61. The quantitative estimate of drug-likeness (QED) is 0.621. The van der Waals surface area contributed by atoms with E-state index in [1.165, 1.54) is 0 Å². The Balaban J connectivity index is 2.24. The van der Waals surface area contributed by atoms with Crippen LogP contribution in [-0.2, 0) is 13.9 Å². The minimum absolute atomic E-state index is 0.0705. The predicted molar refractivity (Wildman–Crippen MR) is 90.3 cm³/mol. The largest absolute Gasteiger partial charge is 0.411 e. The summed E-state index contributed by atoms with van der Waals surface area (Å²) in [5, 5.41) is 10.5. The highest BCUT2D eigenvalue weighted by molar-refractivity contribution is 6.74. The summed E-state index contributed by atoms with van der Waals surface area (Å²) in [6, 6.07) is 0. The van der Waals surface area contributed by atoms with Crippen LogP contribution in [0.25, 0.3) is 0 Å². The van der Waals surface area contributed by atoms with E-state index in [2.05, 4.69) is 39.9 Å². The van der Waals surface area contributed by atoms with Crippen molar-refractivity contribution >= 4 is 8.32 Å². The number of rotatable bonds is 2. The molecule has 0 amide bonds. The van der Waals surface area contributed by atoms with Crippen LogP contribution in [0.2, 0.25) is 18.1 Å². The van der Waals surface area contributed by atoms with Crippen molar-refractivity contribution in [1.29, 1.82) is 0 Å². The SMILES string of the molecule is CC1(C)O[C@@H]2[C@@H](O1)[C@@H](O)CC=CC[C@@H]2O[Si](C)(C)C(C)(C)C. The van der Waals surface area contributed by atoms with Crippen LogP contribution in [0.5, 0.6) is 0 Å². The highest BCUT2D eigenvalue weighted by atomic mass is 28.4. The summed E-state index contributed by atoms with van der Waals surface area (Å²) >= 11 is 0. The molecule has 0 spiro atoms. The fourth-order valence-electron chi connectivity index (χ4n) is 2.81. The van der Waals surface area contributed by atoms with E-state index in [0.29, 0.717) is 6.42 Å². The van der Waals surface area contributed by atoms with Crippen LogP contribution in [0.4, 0.5) is 0 Å². The van der Waals surface area contributed by atoms with Crippen LogP contribution in [0, 0.1) is 0 Å². The van der Waals surface area contributed by atoms with E-state index >= 15 is 0 Å². The standard InChI is InChI=1S/C17H32O4Si/c1-16(2,3)22(6,7)21-13-11-9-8-10-12(18)14-15(13)20-17(4,5)19-14/h8-9,12-15,18H,10-11H2,1-7H3/t12-,13-,14-,15-/m0/s1. The van der Waals surface area contributed by atoms with Crippen LogP contribution in [-0.4, -0.2) is 43.6 Å². The third-order valence-electron chi connectivity index (χ3n) is 5.07. The Labute approximate surface area is 136 Å². The number of hydrogen-bond donors (Lipinski definition) is 1. The number of hydrogen-bond acceptors (Lipinski definition) is 4. The van der Waals surface area contributed by atoms with E-state index < -0.39 is 20.2 Å². The second-order valence-corrected chi connectivity index (χ2v) is 13.2. The van der Waals surface area contributed by atoms with Gasteiger partial charge in [-0.3, -0.25) is 0 Å². The smallest absolute Gasteiger partial charge is 0.192 e. The van der Waals surface area contributed by atoms with Gasteiger partial charge in [-0.1, -0.05) is 32.9 Å². The molecule has 4 atom stereocenters. The second kappa shape index (κ2) is 6.02. The van der Waals surface area contributed by atoms with Gasteiger partial charge in [0.25, 0.3) is 0 Å². The molecule has 1 saturated heterocycles. The Hall–Kier alpha value is -0.203. The Bertz CT molecular complexity index is 425. The van der Waals surface area contributed by atoms with Crippen molar-refractivity contribution in [2.75, 3.05) is 0 Å². The summed E-state index contributed by atoms with van der Waals surface area (Å²) in [7, 11) is -1.91.